The molecule has 2 aromatic rings. The fourth-order valence-corrected chi connectivity index (χ4v) is 4.24. The highest BCUT2D eigenvalue weighted by molar-refractivity contribution is 5.79. The summed E-state index contributed by atoms with van der Waals surface area (Å²) in [5, 5.41) is 0. The predicted molar refractivity (Wildman–Crippen MR) is 108 cm³/mol. The van der Waals surface area contributed by atoms with E-state index >= 15 is 0 Å². The van der Waals surface area contributed by atoms with Crippen molar-refractivity contribution in [2.24, 2.45) is 5.92 Å². The summed E-state index contributed by atoms with van der Waals surface area (Å²) in [7, 11) is 0. The van der Waals surface area contributed by atoms with E-state index in [2.05, 4.69) is 22.0 Å². The summed E-state index contributed by atoms with van der Waals surface area (Å²) < 4.78 is 38.2. The number of amides is 1. The lowest BCUT2D eigenvalue weighted by molar-refractivity contribution is -0.367. The molecule has 2 saturated heterocycles. The van der Waals surface area contributed by atoms with Gasteiger partial charge >= 0.3 is 6.18 Å². The van der Waals surface area contributed by atoms with Crippen LogP contribution in [0.1, 0.15) is 18.4 Å². The van der Waals surface area contributed by atoms with E-state index in [0.717, 1.165) is 38.4 Å². The van der Waals surface area contributed by atoms with Crippen LogP contribution in [0.25, 0.3) is 0 Å². The zero-order valence-corrected chi connectivity index (χ0v) is 16.7. The Kier molecular flexibility index (Phi) is 5.83. The molecule has 0 radical (unpaired) electrons. The van der Waals surface area contributed by atoms with Gasteiger partial charge in [0.15, 0.2) is 0 Å². The maximum absolute atomic E-state index is 13.0. The third-order valence-electron chi connectivity index (χ3n) is 6.02. The highest BCUT2D eigenvalue weighted by atomic mass is 19.4. The van der Waals surface area contributed by atoms with Crippen molar-refractivity contribution in [2.75, 3.05) is 49.1 Å². The molecule has 160 valence electrons. The minimum Gasteiger partial charge on any atom is -0.368 e. The molecule has 0 atom stereocenters. The first-order chi connectivity index (χ1) is 14.4. The van der Waals surface area contributed by atoms with Gasteiger partial charge in [-0.25, -0.2) is 4.98 Å². The number of nitrogens with one attached hydrogen (secondary N) is 1. The third-order valence-corrected chi connectivity index (χ3v) is 6.02. The van der Waals surface area contributed by atoms with Crippen LogP contribution in [0.2, 0.25) is 0 Å². The Hall–Kier alpha value is -2.77. The number of carbonyl (C=O) groups excluding carboxylic acids is 1. The molecular weight excluding hydrogens is 393 g/mol. The molecular formula is C22H26F3N4O+. The first-order valence-corrected chi connectivity index (χ1v) is 10.3. The topological polar surface area (TPSA) is 40.9 Å². The average molecular weight is 419 g/mol. The molecule has 0 bridgehead atoms. The molecule has 2 aliphatic rings. The Morgan fingerprint density at radius 2 is 1.53 bits per heavy atom. The van der Waals surface area contributed by atoms with E-state index < -0.39 is 11.7 Å². The Bertz CT molecular complexity index is 841. The number of rotatable bonds is 3. The van der Waals surface area contributed by atoms with Crippen molar-refractivity contribution in [3.8, 4) is 0 Å². The number of benzene rings is 1. The van der Waals surface area contributed by atoms with E-state index in [-0.39, 0.29) is 11.8 Å². The van der Waals surface area contributed by atoms with Gasteiger partial charge in [-0.1, -0.05) is 18.2 Å². The minimum absolute atomic E-state index is 0.0148. The van der Waals surface area contributed by atoms with Crippen LogP contribution in [0, 0.1) is 5.92 Å². The zero-order valence-electron chi connectivity index (χ0n) is 16.7. The number of para-hydroxylation sites is 1. The van der Waals surface area contributed by atoms with Gasteiger partial charge in [0.2, 0.25) is 5.91 Å². The second-order valence-corrected chi connectivity index (χ2v) is 7.87. The van der Waals surface area contributed by atoms with Crippen molar-refractivity contribution >= 4 is 17.4 Å². The number of hydrogen-bond donors (Lipinski definition) is 0. The average Bonchev–Trinajstić information content (AvgIpc) is 2.79. The molecule has 3 heterocycles. The first kappa shape index (κ1) is 20.5. The summed E-state index contributed by atoms with van der Waals surface area (Å²) in [5.41, 5.74) is 0.497. The van der Waals surface area contributed by atoms with Crippen LogP contribution in [0.3, 0.4) is 0 Å². The summed E-state index contributed by atoms with van der Waals surface area (Å²) in [6, 6.07) is 12.8. The van der Waals surface area contributed by atoms with E-state index in [1.165, 1.54) is 11.8 Å². The molecule has 5 nitrogen and oxygen atoms in total. The number of pyridine rings is 1. The number of halogens is 3. The maximum atomic E-state index is 13.0. The van der Waals surface area contributed by atoms with Gasteiger partial charge in [0.25, 0.3) is 5.82 Å². The number of anilines is 2. The zero-order chi connectivity index (χ0) is 21.1. The molecule has 0 unspecified atom stereocenters. The van der Waals surface area contributed by atoms with Crippen LogP contribution in [0.4, 0.5) is 24.7 Å². The van der Waals surface area contributed by atoms with Gasteiger partial charge in [-0.15, -0.1) is 0 Å². The van der Waals surface area contributed by atoms with E-state index in [1.807, 2.05) is 28.0 Å². The normalized spacial score (nSPS) is 18.6. The molecule has 1 aromatic heterocycles. The highest BCUT2D eigenvalue weighted by Gasteiger charge is 2.35. The van der Waals surface area contributed by atoms with Crippen molar-refractivity contribution in [3.05, 3.63) is 54.2 Å². The molecule has 1 aromatic carbocycles. The van der Waals surface area contributed by atoms with E-state index in [1.54, 1.807) is 0 Å². The smallest absolute Gasteiger partial charge is 0.368 e. The standard InChI is InChI=1S/C22H25F3N4O/c23-22(24,25)18-6-7-20(26-16-18)28-10-8-17(9-11-28)21(30)29-14-12-27(13-15-29)19-4-2-1-3-5-19/h1-7,16-17H,8-15H2/p+1. The van der Waals surface area contributed by atoms with E-state index in [9.17, 15) is 18.0 Å². The molecule has 2 fully saturated rings. The fraction of sp³-hybridized carbons (Fsp3) is 0.455. The largest absolute Gasteiger partial charge is 0.419 e. The first-order valence-electron chi connectivity index (χ1n) is 10.3. The van der Waals surface area contributed by atoms with Gasteiger partial charge in [-0.05, 0) is 31.0 Å². The van der Waals surface area contributed by atoms with E-state index in [0.29, 0.717) is 31.7 Å². The molecule has 1 N–H and O–H groups in total. The molecule has 0 saturated carbocycles. The minimum atomic E-state index is -4.35. The number of aromatic amines is 1. The number of piperazine rings is 1. The lowest BCUT2D eigenvalue weighted by Gasteiger charge is -2.38. The maximum Gasteiger partial charge on any atom is 0.419 e. The summed E-state index contributed by atoms with van der Waals surface area (Å²) >= 11 is 0. The van der Waals surface area contributed by atoms with E-state index in [4.69, 9.17) is 0 Å². The van der Waals surface area contributed by atoms with Crippen LogP contribution in [-0.2, 0) is 11.0 Å². The van der Waals surface area contributed by atoms with Crippen molar-refractivity contribution in [1.82, 2.24) is 4.90 Å². The van der Waals surface area contributed by atoms with Crippen molar-refractivity contribution in [1.29, 1.82) is 0 Å². The molecule has 8 heteroatoms. The second kappa shape index (κ2) is 8.53. The van der Waals surface area contributed by atoms with Gasteiger partial charge < -0.3 is 9.80 Å². The van der Waals surface area contributed by atoms with Gasteiger partial charge in [0, 0.05) is 43.9 Å². The Labute approximate surface area is 174 Å². The highest BCUT2D eigenvalue weighted by Crippen LogP contribution is 2.29. The van der Waals surface area contributed by atoms with Crippen molar-refractivity contribution in [2.45, 2.75) is 19.0 Å². The molecule has 30 heavy (non-hydrogen) atoms. The van der Waals surface area contributed by atoms with Crippen LogP contribution < -0.4 is 14.8 Å². The summed E-state index contributed by atoms with van der Waals surface area (Å²) in [5.74, 6) is 0.850. The van der Waals surface area contributed by atoms with Crippen molar-refractivity contribution < 1.29 is 22.9 Å². The monoisotopic (exact) mass is 419 g/mol. The Morgan fingerprint density at radius 1 is 0.867 bits per heavy atom. The predicted octanol–water partition coefficient (Wildman–Crippen LogP) is 3.08. The molecule has 1 amide bonds. The number of alkyl halides is 3. The quantitative estimate of drug-likeness (QED) is 0.768. The molecule has 4 rings (SSSR count). The number of H-pyrrole nitrogens is 1. The molecule has 0 spiro atoms. The van der Waals surface area contributed by atoms with Crippen LogP contribution in [-0.4, -0.2) is 50.1 Å². The Morgan fingerprint density at radius 3 is 2.10 bits per heavy atom. The molecule has 0 aliphatic carbocycles. The lowest BCUT2D eigenvalue weighted by Crippen LogP contribution is -2.52. The number of aromatic nitrogens is 1. The second-order valence-electron chi connectivity index (χ2n) is 7.87. The lowest BCUT2D eigenvalue weighted by atomic mass is 9.95. The SMILES string of the molecule is O=C(C1CCN(c2ccc(C(F)(F)F)c[nH+]2)CC1)N1CCN(c2ccccc2)CC1. The van der Waals surface area contributed by atoms with Crippen LogP contribution in [0.15, 0.2) is 48.7 Å². The number of nitrogens with zero attached hydrogens (tertiary/aromatic N) is 3. The van der Waals surface area contributed by atoms with Gasteiger partial charge in [0.1, 0.15) is 6.20 Å². The van der Waals surface area contributed by atoms with Gasteiger partial charge in [-0.3, -0.25) is 9.69 Å². The third kappa shape index (κ3) is 4.52. The van der Waals surface area contributed by atoms with Crippen LogP contribution >= 0.6 is 0 Å². The summed E-state index contributed by atoms with van der Waals surface area (Å²) in [4.78, 5) is 22.0. The van der Waals surface area contributed by atoms with Gasteiger partial charge in [-0.2, -0.15) is 13.2 Å². The Balaban J connectivity index is 1.28. The summed E-state index contributed by atoms with van der Waals surface area (Å²) in [6.45, 7) is 4.41. The van der Waals surface area contributed by atoms with Crippen LogP contribution in [0.5, 0.6) is 0 Å². The number of carbonyl (C=O) groups is 1. The fourth-order valence-electron chi connectivity index (χ4n) is 4.24. The number of hydrogen-bond acceptors (Lipinski definition) is 3. The summed E-state index contributed by atoms with van der Waals surface area (Å²) in [6.07, 6.45) is -1.92. The van der Waals surface area contributed by atoms with Gasteiger partial charge in [0.05, 0.1) is 18.7 Å². The number of piperidine rings is 1. The van der Waals surface area contributed by atoms with Crippen molar-refractivity contribution in [3.63, 3.8) is 0 Å². The molecule has 2 aliphatic heterocycles.